The number of nitrogens with zero attached hydrogens (tertiary/aromatic N) is 2. The summed E-state index contributed by atoms with van der Waals surface area (Å²) in [5.41, 5.74) is -1.36. The molecule has 0 aliphatic carbocycles. The van der Waals surface area contributed by atoms with Gasteiger partial charge in [0, 0.05) is 11.6 Å². The molecule has 1 unspecified atom stereocenters. The van der Waals surface area contributed by atoms with Crippen LogP contribution in [-0.2, 0) is 26.4 Å². The number of aliphatic hydroxyl groups is 1. The molecule has 0 aliphatic rings. The fraction of sp³-hybridized carbons (Fsp3) is 0.259. The van der Waals surface area contributed by atoms with Crippen molar-refractivity contribution in [3.05, 3.63) is 94.9 Å². The lowest BCUT2D eigenvalue weighted by atomic mass is 9.87. The summed E-state index contributed by atoms with van der Waals surface area (Å²) in [6.45, 7) is 5.73. The molecule has 0 amide bonds. The number of pyridine rings is 1. The molecule has 2 heterocycles. The zero-order valence-corrected chi connectivity index (χ0v) is 21.8. The van der Waals surface area contributed by atoms with Crippen LogP contribution in [0.5, 0.6) is 0 Å². The minimum absolute atomic E-state index is 0.0695. The van der Waals surface area contributed by atoms with E-state index in [1.807, 2.05) is 20.8 Å². The van der Waals surface area contributed by atoms with Crippen molar-refractivity contribution in [3.8, 4) is 0 Å². The third kappa shape index (κ3) is 4.91. The molecule has 1 atom stereocenters. The Morgan fingerprint density at radius 3 is 2.34 bits per heavy atom. The lowest BCUT2D eigenvalue weighted by Crippen LogP contribution is -2.21. The van der Waals surface area contributed by atoms with E-state index >= 15 is 0 Å². The predicted octanol–water partition coefficient (Wildman–Crippen LogP) is 5.46. The number of halogens is 3. The zero-order valence-electron chi connectivity index (χ0n) is 20.9. The summed E-state index contributed by atoms with van der Waals surface area (Å²) in [4.78, 5) is 16.2. The summed E-state index contributed by atoms with van der Waals surface area (Å²) in [7, 11) is -3.31. The molecule has 2 aromatic heterocycles. The van der Waals surface area contributed by atoms with E-state index in [9.17, 15) is 31.5 Å². The topological polar surface area (TPSA) is 98.5 Å². The Hall–Kier alpha value is -3.70. The van der Waals surface area contributed by atoms with Gasteiger partial charge in [-0.2, -0.15) is 13.2 Å². The Kier molecular flexibility index (Phi) is 6.87. The van der Waals surface area contributed by atoms with Gasteiger partial charge in [-0.15, -0.1) is 0 Å². The normalized spacial score (nSPS) is 13.5. The maximum Gasteiger partial charge on any atom is 0.416 e. The number of ether oxygens (including phenoxy) is 1. The van der Waals surface area contributed by atoms with Gasteiger partial charge in [-0.1, -0.05) is 32.9 Å². The van der Waals surface area contributed by atoms with E-state index < -0.39 is 39.3 Å². The third-order valence-corrected chi connectivity index (χ3v) is 7.87. The first kappa shape index (κ1) is 27.3. The molecular weight excluding hydrogens is 521 g/mol. The number of alkyl halides is 3. The highest BCUT2D eigenvalue weighted by molar-refractivity contribution is 7.90. The number of carbonyl (C=O) groups is 1. The van der Waals surface area contributed by atoms with Gasteiger partial charge in [-0.3, -0.25) is 4.98 Å². The number of esters is 1. The SMILES string of the molecule is COC(=O)c1cccnc1C(O)c1cc2cc(C(F)(F)F)ccc2n1S(=O)(=O)c1cccc(C(C)(C)C)c1. The molecule has 1 N–H and O–H groups in total. The van der Waals surface area contributed by atoms with Gasteiger partial charge in [0.15, 0.2) is 0 Å². The summed E-state index contributed by atoms with van der Waals surface area (Å²) in [5, 5.41) is 11.3. The van der Waals surface area contributed by atoms with Crippen molar-refractivity contribution >= 4 is 26.9 Å². The Morgan fingerprint density at radius 1 is 1.00 bits per heavy atom. The molecule has 0 aliphatic heterocycles. The summed E-state index contributed by atoms with van der Waals surface area (Å²) < 4.78 is 73.9. The van der Waals surface area contributed by atoms with Crippen LogP contribution in [0.25, 0.3) is 10.9 Å². The van der Waals surface area contributed by atoms with Gasteiger partial charge in [0.05, 0.1) is 40.0 Å². The van der Waals surface area contributed by atoms with Gasteiger partial charge in [-0.05, 0) is 59.5 Å². The van der Waals surface area contributed by atoms with Gasteiger partial charge in [0.1, 0.15) is 6.10 Å². The maximum absolute atomic E-state index is 14.0. The standard InChI is InChI=1S/C27H25F3N2O5S/c1-26(2,3)17-7-5-8-19(15-17)38(35,36)32-21-11-10-18(27(28,29)30)13-16(21)14-22(32)24(33)23-20(25(34)37-4)9-6-12-31-23/h5-15,24,33H,1-4H3. The van der Waals surface area contributed by atoms with E-state index in [2.05, 4.69) is 4.98 Å². The van der Waals surface area contributed by atoms with Crippen molar-refractivity contribution in [2.75, 3.05) is 7.11 Å². The fourth-order valence-corrected chi connectivity index (χ4v) is 5.73. The number of carbonyl (C=O) groups excluding carboxylic acids is 1. The van der Waals surface area contributed by atoms with E-state index in [0.717, 1.165) is 35.3 Å². The van der Waals surface area contributed by atoms with Crippen LogP contribution in [0.15, 0.2) is 71.8 Å². The van der Waals surface area contributed by atoms with Crippen LogP contribution in [-0.4, -0.2) is 35.6 Å². The molecule has 200 valence electrons. The molecule has 0 saturated carbocycles. The zero-order chi connectivity index (χ0) is 28.0. The maximum atomic E-state index is 14.0. The number of benzene rings is 2. The van der Waals surface area contributed by atoms with Crippen LogP contribution >= 0.6 is 0 Å². The molecule has 4 rings (SSSR count). The molecule has 7 nitrogen and oxygen atoms in total. The molecule has 0 spiro atoms. The summed E-state index contributed by atoms with van der Waals surface area (Å²) in [6, 6.07) is 12.8. The van der Waals surface area contributed by atoms with Crippen molar-refractivity contribution in [1.29, 1.82) is 0 Å². The number of methoxy groups -OCH3 is 1. The minimum Gasteiger partial charge on any atom is -0.465 e. The summed E-state index contributed by atoms with van der Waals surface area (Å²) >= 11 is 0. The number of rotatable bonds is 5. The van der Waals surface area contributed by atoms with E-state index in [0.29, 0.717) is 5.56 Å². The van der Waals surface area contributed by atoms with Crippen LogP contribution < -0.4 is 0 Å². The largest absolute Gasteiger partial charge is 0.465 e. The van der Waals surface area contributed by atoms with E-state index in [1.54, 1.807) is 12.1 Å². The second kappa shape index (κ2) is 9.55. The molecule has 0 saturated heterocycles. The first-order valence-electron chi connectivity index (χ1n) is 11.5. The van der Waals surface area contributed by atoms with Crippen molar-refractivity contribution in [1.82, 2.24) is 8.96 Å². The van der Waals surface area contributed by atoms with Crippen molar-refractivity contribution in [2.24, 2.45) is 0 Å². The molecule has 2 aromatic carbocycles. The lowest BCUT2D eigenvalue weighted by molar-refractivity contribution is -0.137. The highest BCUT2D eigenvalue weighted by atomic mass is 32.2. The minimum atomic E-state index is -4.67. The molecule has 0 fully saturated rings. The molecule has 0 radical (unpaired) electrons. The van der Waals surface area contributed by atoms with E-state index in [4.69, 9.17) is 4.74 Å². The molecule has 38 heavy (non-hydrogen) atoms. The predicted molar refractivity (Wildman–Crippen MR) is 134 cm³/mol. The Balaban J connectivity index is 2.02. The quantitative estimate of drug-likeness (QED) is 0.334. The summed E-state index contributed by atoms with van der Waals surface area (Å²) in [6.07, 6.45) is -5.18. The lowest BCUT2D eigenvalue weighted by Gasteiger charge is -2.21. The number of aliphatic hydroxyl groups excluding tert-OH is 1. The van der Waals surface area contributed by atoms with Crippen LogP contribution in [0.2, 0.25) is 0 Å². The van der Waals surface area contributed by atoms with Crippen LogP contribution in [0.4, 0.5) is 13.2 Å². The number of hydrogen-bond donors (Lipinski definition) is 1. The molecule has 0 bridgehead atoms. The summed E-state index contributed by atoms with van der Waals surface area (Å²) in [5.74, 6) is -0.824. The third-order valence-electron chi connectivity index (χ3n) is 6.13. The highest BCUT2D eigenvalue weighted by Gasteiger charge is 2.34. The first-order valence-corrected chi connectivity index (χ1v) is 12.9. The average molecular weight is 547 g/mol. The average Bonchev–Trinajstić information content (AvgIpc) is 3.26. The van der Waals surface area contributed by atoms with Crippen molar-refractivity contribution < 1.29 is 36.2 Å². The first-order chi connectivity index (χ1) is 17.7. The Morgan fingerprint density at radius 2 is 1.71 bits per heavy atom. The Labute approximate surface area is 217 Å². The molecule has 11 heteroatoms. The Bertz CT molecular complexity index is 1640. The number of fused-ring (bicyclic) bond motifs is 1. The van der Waals surface area contributed by atoms with Crippen molar-refractivity contribution in [3.63, 3.8) is 0 Å². The van der Waals surface area contributed by atoms with E-state index in [-0.39, 0.29) is 32.7 Å². The fourth-order valence-electron chi connectivity index (χ4n) is 4.13. The van der Waals surface area contributed by atoms with Gasteiger partial charge in [-0.25, -0.2) is 17.2 Å². The monoisotopic (exact) mass is 546 g/mol. The van der Waals surface area contributed by atoms with Crippen LogP contribution in [0.3, 0.4) is 0 Å². The highest BCUT2D eigenvalue weighted by Crippen LogP contribution is 2.37. The molecular formula is C27H25F3N2O5S. The van der Waals surface area contributed by atoms with E-state index in [1.165, 1.54) is 30.5 Å². The van der Waals surface area contributed by atoms with Crippen LogP contribution in [0.1, 0.15) is 59.7 Å². The van der Waals surface area contributed by atoms with Crippen molar-refractivity contribution in [2.45, 2.75) is 43.4 Å². The molecule has 4 aromatic rings. The second-order valence-corrected chi connectivity index (χ2v) is 11.5. The smallest absolute Gasteiger partial charge is 0.416 e. The van der Waals surface area contributed by atoms with Gasteiger partial charge in [0.2, 0.25) is 0 Å². The van der Waals surface area contributed by atoms with Gasteiger partial charge in [0.25, 0.3) is 10.0 Å². The number of hydrogen-bond acceptors (Lipinski definition) is 6. The second-order valence-electron chi connectivity index (χ2n) is 9.72. The van der Waals surface area contributed by atoms with Gasteiger partial charge < -0.3 is 9.84 Å². The van der Waals surface area contributed by atoms with Gasteiger partial charge >= 0.3 is 12.1 Å². The van der Waals surface area contributed by atoms with Crippen LogP contribution in [0, 0.1) is 0 Å². The number of aromatic nitrogens is 2.